The topological polar surface area (TPSA) is 50.8 Å². The minimum atomic E-state index is -0.652. The number of hydrogen-bond donors (Lipinski definition) is 1. The van der Waals surface area contributed by atoms with Gasteiger partial charge in [-0.3, -0.25) is 4.79 Å². The van der Waals surface area contributed by atoms with Crippen molar-refractivity contribution in [3.05, 3.63) is 30.3 Å². The summed E-state index contributed by atoms with van der Waals surface area (Å²) in [6.07, 6.45) is 2.26. The second-order valence-electron chi connectivity index (χ2n) is 5.69. The number of hydrogen-bond acceptors (Lipinski definition) is 4. The van der Waals surface area contributed by atoms with Gasteiger partial charge >= 0.3 is 0 Å². The van der Waals surface area contributed by atoms with Crippen LogP contribution in [0.1, 0.15) is 19.3 Å². The molecule has 1 saturated heterocycles. The Morgan fingerprint density at radius 3 is 2.52 bits per heavy atom. The maximum Gasteiger partial charge on any atom is 0.254 e. The molecule has 0 aromatic heterocycles. The van der Waals surface area contributed by atoms with E-state index in [0.717, 1.165) is 38.1 Å². The van der Waals surface area contributed by atoms with Crippen molar-refractivity contribution in [2.75, 3.05) is 40.4 Å². The van der Waals surface area contributed by atoms with Gasteiger partial charge in [0.25, 0.3) is 5.91 Å². The number of carbonyl (C=O) groups excluding carboxylic acids is 1. The molecule has 1 amide bonds. The molecule has 0 spiro atoms. The van der Waals surface area contributed by atoms with Gasteiger partial charge in [0, 0.05) is 20.7 Å². The number of methoxy groups -OCH3 is 1. The Hall–Kier alpha value is -1.30. The number of ether oxygens (including phenoxy) is 2. The third-order valence-electron chi connectivity index (χ3n) is 4.19. The summed E-state index contributed by atoms with van der Waals surface area (Å²) in [5, 5.41) is 3.27. The lowest BCUT2D eigenvalue weighted by Crippen LogP contribution is -2.54. The number of carbonyl (C=O) groups is 1. The van der Waals surface area contributed by atoms with Gasteiger partial charge in [0.15, 0.2) is 0 Å². The minimum absolute atomic E-state index is 0. The van der Waals surface area contributed by atoms with E-state index in [-0.39, 0.29) is 18.3 Å². The maximum absolute atomic E-state index is 12.6. The Morgan fingerprint density at radius 2 is 1.91 bits per heavy atom. The number of likely N-dealkylation sites (N-methyl/N-ethyl adjacent to an activating group) is 1. The average Bonchev–Trinajstić information content (AvgIpc) is 2.59. The fraction of sp³-hybridized carbons (Fsp3) is 0.588. The molecule has 0 unspecified atom stereocenters. The van der Waals surface area contributed by atoms with Crippen molar-refractivity contribution in [2.45, 2.75) is 24.9 Å². The first kappa shape index (κ1) is 19.7. The van der Waals surface area contributed by atoms with Crippen molar-refractivity contribution < 1.29 is 14.3 Å². The normalized spacial score (nSPS) is 16.3. The zero-order valence-electron chi connectivity index (χ0n) is 13.9. The van der Waals surface area contributed by atoms with Crippen LogP contribution < -0.4 is 10.1 Å². The number of rotatable bonds is 7. The van der Waals surface area contributed by atoms with Crippen LogP contribution in [0.2, 0.25) is 0 Å². The Kier molecular flexibility index (Phi) is 8.37. The molecule has 1 heterocycles. The highest BCUT2D eigenvalue weighted by atomic mass is 35.5. The Morgan fingerprint density at radius 1 is 1.26 bits per heavy atom. The largest absolute Gasteiger partial charge is 0.494 e. The van der Waals surface area contributed by atoms with Crippen molar-refractivity contribution in [3.8, 4) is 5.75 Å². The van der Waals surface area contributed by atoms with E-state index >= 15 is 0 Å². The van der Waals surface area contributed by atoms with Gasteiger partial charge in [-0.15, -0.1) is 12.4 Å². The lowest BCUT2D eigenvalue weighted by atomic mass is 9.90. The molecule has 23 heavy (non-hydrogen) atoms. The van der Waals surface area contributed by atoms with Crippen LogP contribution in [-0.2, 0) is 9.53 Å². The van der Waals surface area contributed by atoms with E-state index in [2.05, 4.69) is 5.32 Å². The first-order chi connectivity index (χ1) is 10.7. The molecule has 1 aromatic carbocycles. The number of halogens is 1. The van der Waals surface area contributed by atoms with Crippen LogP contribution in [0, 0.1) is 0 Å². The lowest BCUT2D eigenvalue weighted by molar-refractivity contribution is -0.157. The molecule has 2 rings (SSSR count). The summed E-state index contributed by atoms with van der Waals surface area (Å²) in [7, 11) is 3.48. The Balaban J connectivity index is 0.00000264. The summed E-state index contributed by atoms with van der Waals surface area (Å²) >= 11 is 0. The predicted molar refractivity (Wildman–Crippen MR) is 93.3 cm³/mol. The van der Waals surface area contributed by atoms with E-state index in [4.69, 9.17) is 9.47 Å². The van der Waals surface area contributed by atoms with E-state index in [9.17, 15) is 4.79 Å². The number of nitrogens with zero attached hydrogens (tertiary/aromatic N) is 1. The van der Waals surface area contributed by atoms with Crippen molar-refractivity contribution in [2.24, 2.45) is 0 Å². The van der Waals surface area contributed by atoms with Gasteiger partial charge in [-0.1, -0.05) is 18.2 Å². The lowest BCUT2D eigenvalue weighted by Gasteiger charge is -2.37. The highest BCUT2D eigenvalue weighted by Gasteiger charge is 2.41. The number of piperidine rings is 1. The molecule has 1 aliphatic rings. The van der Waals surface area contributed by atoms with Crippen LogP contribution >= 0.6 is 12.4 Å². The fourth-order valence-electron chi connectivity index (χ4n) is 2.79. The summed E-state index contributed by atoms with van der Waals surface area (Å²) in [5.74, 6) is 0.944. The van der Waals surface area contributed by atoms with E-state index < -0.39 is 5.60 Å². The first-order valence-corrected chi connectivity index (χ1v) is 7.87. The zero-order chi connectivity index (χ0) is 15.8. The van der Waals surface area contributed by atoms with Gasteiger partial charge < -0.3 is 19.7 Å². The molecular weight excluding hydrogens is 316 g/mol. The highest BCUT2D eigenvalue weighted by molar-refractivity contribution is 5.85. The van der Waals surface area contributed by atoms with Gasteiger partial charge in [-0.05, 0) is 44.5 Å². The van der Waals surface area contributed by atoms with E-state index in [1.165, 1.54) is 0 Å². The molecule has 0 atom stereocenters. The molecule has 0 bridgehead atoms. The van der Waals surface area contributed by atoms with Gasteiger partial charge in [0.2, 0.25) is 0 Å². The van der Waals surface area contributed by atoms with Gasteiger partial charge in [0.05, 0.1) is 6.61 Å². The molecule has 0 radical (unpaired) electrons. The summed E-state index contributed by atoms with van der Waals surface area (Å²) in [6, 6.07) is 9.73. The molecule has 0 aliphatic carbocycles. The average molecular weight is 343 g/mol. The molecule has 6 heteroatoms. The quantitative estimate of drug-likeness (QED) is 0.771. The molecule has 1 aliphatic heterocycles. The van der Waals surface area contributed by atoms with Crippen LogP contribution in [0.25, 0.3) is 0 Å². The summed E-state index contributed by atoms with van der Waals surface area (Å²) < 4.78 is 11.2. The molecule has 1 N–H and O–H groups in total. The van der Waals surface area contributed by atoms with Crippen molar-refractivity contribution >= 4 is 18.3 Å². The summed E-state index contributed by atoms with van der Waals surface area (Å²) in [6.45, 7) is 2.92. The van der Waals surface area contributed by atoms with Crippen LogP contribution in [0.5, 0.6) is 5.75 Å². The van der Waals surface area contributed by atoms with E-state index in [1.54, 1.807) is 12.0 Å². The van der Waals surface area contributed by atoms with Crippen LogP contribution in [0.4, 0.5) is 0 Å². The first-order valence-electron chi connectivity index (χ1n) is 7.87. The van der Waals surface area contributed by atoms with Crippen molar-refractivity contribution in [3.63, 3.8) is 0 Å². The zero-order valence-corrected chi connectivity index (χ0v) is 14.7. The third-order valence-corrected chi connectivity index (χ3v) is 4.19. The standard InChI is InChI=1S/C17H26N2O3.ClH/c1-19(13-6-14-22-15-7-4-3-5-8-15)16(20)17(21-2)9-11-18-12-10-17;/h3-5,7-8,18H,6,9-14H2,1-2H3;1H. The number of para-hydroxylation sites is 1. The Bertz CT molecular complexity index is 464. The number of benzene rings is 1. The van der Waals surface area contributed by atoms with Gasteiger partial charge in [0.1, 0.15) is 11.4 Å². The van der Waals surface area contributed by atoms with Crippen LogP contribution in [0.3, 0.4) is 0 Å². The minimum Gasteiger partial charge on any atom is -0.494 e. The second kappa shape index (κ2) is 9.75. The Labute approximate surface area is 144 Å². The van der Waals surface area contributed by atoms with Crippen LogP contribution in [0.15, 0.2) is 30.3 Å². The van der Waals surface area contributed by atoms with Crippen molar-refractivity contribution in [1.29, 1.82) is 0 Å². The number of amides is 1. The third kappa shape index (κ3) is 5.37. The SMILES string of the molecule is COC1(C(=O)N(C)CCCOc2ccccc2)CCNCC1.Cl. The summed E-state index contributed by atoms with van der Waals surface area (Å²) in [4.78, 5) is 14.4. The predicted octanol–water partition coefficient (Wildman–Crippen LogP) is 2.10. The maximum atomic E-state index is 12.6. The van der Waals surface area contributed by atoms with Crippen LogP contribution in [-0.4, -0.2) is 56.8 Å². The van der Waals surface area contributed by atoms with Gasteiger partial charge in [-0.2, -0.15) is 0 Å². The monoisotopic (exact) mass is 342 g/mol. The fourth-order valence-corrected chi connectivity index (χ4v) is 2.79. The molecule has 5 nitrogen and oxygen atoms in total. The number of nitrogens with one attached hydrogen (secondary N) is 1. The molecule has 1 aromatic rings. The molecule has 1 fully saturated rings. The molecule has 130 valence electrons. The molecular formula is C17H27ClN2O3. The second-order valence-corrected chi connectivity index (χ2v) is 5.69. The highest BCUT2D eigenvalue weighted by Crippen LogP contribution is 2.24. The van der Waals surface area contributed by atoms with Crippen molar-refractivity contribution in [1.82, 2.24) is 10.2 Å². The summed E-state index contributed by atoms with van der Waals surface area (Å²) in [5.41, 5.74) is -0.652. The van der Waals surface area contributed by atoms with Gasteiger partial charge in [-0.25, -0.2) is 0 Å². The smallest absolute Gasteiger partial charge is 0.254 e. The molecule has 0 saturated carbocycles. The van der Waals surface area contributed by atoms with E-state index in [1.807, 2.05) is 37.4 Å². The van der Waals surface area contributed by atoms with E-state index in [0.29, 0.717) is 13.2 Å².